The molecule has 4 aromatic rings. The molecule has 5 heteroatoms. The van der Waals surface area contributed by atoms with Crippen molar-refractivity contribution >= 4 is 23.6 Å². The summed E-state index contributed by atoms with van der Waals surface area (Å²) >= 11 is 0. The fourth-order valence-electron chi connectivity index (χ4n) is 3.70. The molecule has 0 unspecified atom stereocenters. The lowest BCUT2D eigenvalue weighted by atomic mass is 10.1. The predicted octanol–water partition coefficient (Wildman–Crippen LogP) is 2.66. The van der Waals surface area contributed by atoms with E-state index in [2.05, 4.69) is 59.4 Å². The second-order valence-corrected chi connectivity index (χ2v) is 7.14. The summed E-state index contributed by atoms with van der Waals surface area (Å²) in [6.07, 6.45) is 4.07. The van der Waals surface area contributed by atoms with Crippen LogP contribution >= 0.6 is 0 Å². The molecule has 0 atom stereocenters. The first kappa shape index (κ1) is 19.0. The number of aromatic nitrogens is 3. The summed E-state index contributed by atoms with van der Waals surface area (Å²) in [6.45, 7) is 11.2. The Balaban J connectivity index is 1.87. The Morgan fingerprint density at radius 3 is 2.45 bits per heavy atom. The monoisotopic (exact) mass is 386 g/mol. The van der Waals surface area contributed by atoms with Crippen LogP contribution in [0.2, 0.25) is 0 Å². The predicted molar refractivity (Wildman–Crippen MR) is 120 cm³/mol. The third-order valence-electron chi connectivity index (χ3n) is 5.39. The van der Waals surface area contributed by atoms with Gasteiger partial charge in [0.1, 0.15) is 0 Å². The normalized spacial score (nSPS) is 12.3. The molecule has 4 rings (SSSR count). The quantitative estimate of drug-likeness (QED) is 0.554. The highest BCUT2D eigenvalue weighted by Crippen LogP contribution is 2.22. The molecule has 0 saturated carbocycles. The summed E-state index contributed by atoms with van der Waals surface area (Å²) in [4.78, 5) is 15.4. The maximum atomic E-state index is 13.1. The summed E-state index contributed by atoms with van der Waals surface area (Å²) in [6, 6.07) is 17.9. The molecular formula is C24H26N4O. The van der Waals surface area contributed by atoms with E-state index >= 15 is 0 Å². The summed E-state index contributed by atoms with van der Waals surface area (Å²) < 4.78 is 3.79. The van der Waals surface area contributed by atoms with Gasteiger partial charge >= 0.3 is 0 Å². The molecule has 0 saturated heterocycles. The summed E-state index contributed by atoms with van der Waals surface area (Å²) in [5.74, 6) is 0. The zero-order valence-corrected chi connectivity index (χ0v) is 16.9. The molecule has 2 heterocycles. The molecule has 29 heavy (non-hydrogen) atoms. The van der Waals surface area contributed by atoms with Crippen LogP contribution in [0.15, 0.2) is 65.6 Å². The average molecular weight is 386 g/mol. The minimum Gasteiger partial charge on any atom is -0.333 e. The average Bonchev–Trinajstić information content (AvgIpc) is 3.25. The summed E-state index contributed by atoms with van der Waals surface area (Å²) in [5.41, 5.74) is 2.89. The van der Waals surface area contributed by atoms with Gasteiger partial charge in [0.15, 0.2) is 0 Å². The molecule has 2 aromatic carbocycles. The highest BCUT2D eigenvalue weighted by atomic mass is 16.1. The van der Waals surface area contributed by atoms with Crippen LogP contribution in [0.1, 0.15) is 19.4 Å². The van der Waals surface area contributed by atoms with Gasteiger partial charge in [-0.25, -0.2) is 4.68 Å². The molecule has 148 valence electrons. The van der Waals surface area contributed by atoms with Crippen molar-refractivity contribution in [1.29, 1.82) is 0 Å². The Kier molecular flexibility index (Phi) is 5.23. The van der Waals surface area contributed by atoms with E-state index in [1.54, 1.807) is 4.68 Å². The van der Waals surface area contributed by atoms with Gasteiger partial charge in [0.05, 0.1) is 22.9 Å². The molecule has 0 aliphatic carbocycles. The first-order chi connectivity index (χ1) is 14.1. The van der Waals surface area contributed by atoms with E-state index in [0.29, 0.717) is 10.6 Å². The molecule has 0 fully saturated rings. The molecular weight excluding hydrogens is 360 g/mol. The van der Waals surface area contributed by atoms with E-state index in [9.17, 15) is 4.79 Å². The van der Waals surface area contributed by atoms with Crippen LogP contribution in [-0.4, -0.2) is 32.3 Å². The number of hydrogen-bond donors (Lipinski definition) is 1. The minimum atomic E-state index is -0.0956. The highest BCUT2D eigenvalue weighted by Gasteiger charge is 2.10. The van der Waals surface area contributed by atoms with Crippen molar-refractivity contribution in [2.45, 2.75) is 20.5 Å². The molecule has 5 nitrogen and oxygen atoms in total. The lowest BCUT2D eigenvalue weighted by Crippen LogP contribution is -2.33. The van der Waals surface area contributed by atoms with Crippen molar-refractivity contribution in [1.82, 2.24) is 19.2 Å². The van der Waals surface area contributed by atoms with E-state index in [1.165, 1.54) is 0 Å². The molecule has 0 amide bonds. The van der Waals surface area contributed by atoms with E-state index in [1.807, 2.05) is 42.5 Å². The number of aromatic amines is 1. The lowest BCUT2D eigenvalue weighted by Gasteiger charge is -2.19. The molecule has 2 aromatic heterocycles. The zero-order chi connectivity index (χ0) is 20.4. The Morgan fingerprint density at radius 2 is 1.72 bits per heavy atom. The lowest BCUT2D eigenvalue weighted by molar-refractivity contribution is 0.246. The minimum absolute atomic E-state index is 0.0956. The second-order valence-electron chi connectivity index (χ2n) is 7.14. The van der Waals surface area contributed by atoms with Gasteiger partial charge in [0, 0.05) is 22.7 Å². The van der Waals surface area contributed by atoms with Gasteiger partial charge in [0.25, 0.3) is 5.56 Å². The Morgan fingerprint density at radius 1 is 1.03 bits per heavy atom. The van der Waals surface area contributed by atoms with Crippen LogP contribution in [0.3, 0.4) is 0 Å². The number of fused-ring (bicyclic) bond motifs is 1. The second kappa shape index (κ2) is 7.97. The van der Waals surface area contributed by atoms with Gasteiger partial charge in [-0.05, 0) is 37.4 Å². The van der Waals surface area contributed by atoms with E-state index < -0.39 is 0 Å². The number of hydrogen-bond acceptors (Lipinski definition) is 2. The summed E-state index contributed by atoms with van der Waals surface area (Å²) in [5, 5.41) is 5.43. The number of rotatable bonds is 6. The first-order valence-electron chi connectivity index (χ1n) is 9.99. The zero-order valence-electron chi connectivity index (χ0n) is 16.9. The smallest absolute Gasteiger partial charge is 0.279 e. The van der Waals surface area contributed by atoms with Crippen LogP contribution in [-0.2, 0) is 6.67 Å². The fourth-order valence-corrected chi connectivity index (χ4v) is 3.70. The molecule has 0 aliphatic rings. The van der Waals surface area contributed by atoms with E-state index in [-0.39, 0.29) is 5.56 Å². The van der Waals surface area contributed by atoms with Crippen LogP contribution in [0, 0.1) is 0 Å². The van der Waals surface area contributed by atoms with Crippen LogP contribution in [0.5, 0.6) is 0 Å². The third-order valence-corrected chi connectivity index (χ3v) is 5.39. The third kappa shape index (κ3) is 3.57. The van der Waals surface area contributed by atoms with Crippen molar-refractivity contribution in [3.05, 3.63) is 87.3 Å². The van der Waals surface area contributed by atoms with E-state index in [4.69, 9.17) is 0 Å². The molecule has 0 aliphatic heterocycles. The molecule has 0 bridgehead atoms. The first-order valence-corrected chi connectivity index (χ1v) is 9.99. The SMILES string of the molecule is C=c1[nH]n(-c2ccccc2)c(=O)/c1=C/c1cn(CN(CC)CC)c2ccccc12. The van der Waals surface area contributed by atoms with Crippen LogP contribution in [0.25, 0.3) is 29.2 Å². The number of benzene rings is 2. The van der Waals surface area contributed by atoms with Crippen LogP contribution < -0.4 is 16.1 Å². The summed E-state index contributed by atoms with van der Waals surface area (Å²) in [7, 11) is 0. The molecule has 0 radical (unpaired) electrons. The molecule has 1 N–H and O–H groups in total. The van der Waals surface area contributed by atoms with Gasteiger partial charge in [-0.2, -0.15) is 0 Å². The van der Waals surface area contributed by atoms with Gasteiger partial charge < -0.3 is 4.57 Å². The van der Waals surface area contributed by atoms with Crippen molar-refractivity contribution < 1.29 is 0 Å². The van der Waals surface area contributed by atoms with Gasteiger partial charge in [0.2, 0.25) is 0 Å². The Hall–Kier alpha value is -3.31. The maximum Gasteiger partial charge on any atom is 0.279 e. The van der Waals surface area contributed by atoms with Crippen molar-refractivity contribution in [3.8, 4) is 5.69 Å². The number of para-hydroxylation sites is 2. The fraction of sp³-hybridized carbons (Fsp3) is 0.208. The van der Waals surface area contributed by atoms with Gasteiger partial charge in [-0.15, -0.1) is 0 Å². The Labute approximate surface area is 169 Å². The van der Waals surface area contributed by atoms with Crippen LogP contribution in [0.4, 0.5) is 0 Å². The molecule has 0 spiro atoms. The Bertz CT molecular complexity index is 1290. The number of nitrogens with one attached hydrogen (secondary N) is 1. The van der Waals surface area contributed by atoms with Crippen molar-refractivity contribution in [2.75, 3.05) is 13.1 Å². The van der Waals surface area contributed by atoms with Crippen molar-refractivity contribution in [2.24, 2.45) is 0 Å². The maximum absolute atomic E-state index is 13.1. The largest absolute Gasteiger partial charge is 0.333 e. The van der Waals surface area contributed by atoms with E-state index in [0.717, 1.165) is 41.9 Å². The number of nitrogens with zero attached hydrogens (tertiary/aromatic N) is 3. The van der Waals surface area contributed by atoms with Gasteiger partial charge in [-0.3, -0.25) is 14.8 Å². The number of H-pyrrole nitrogens is 1. The highest BCUT2D eigenvalue weighted by molar-refractivity contribution is 5.89. The van der Waals surface area contributed by atoms with Gasteiger partial charge in [-0.1, -0.05) is 56.8 Å². The topological polar surface area (TPSA) is 46.0 Å². The standard InChI is InChI=1S/C24H26N4O/c1-4-26(5-2)17-27-16-19(21-13-9-10-14-23(21)27)15-22-18(3)25-28(24(22)29)20-11-7-6-8-12-20/h6-16,25H,3-5,17H2,1-2H3/b22-15+. The van der Waals surface area contributed by atoms with Crippen molar-refractivity contribution in [3.63, 3.8) is 0 Å².